The number of anilines is 2. The molecule has 2 amide bonds. The fourth-order valence-electron chi connectivity index (χ4n) is 2.73. The van der Waals surface area contributed by atoms with Crippen LogP contribution in [0.1, 0.15) is 18.4 Å². The Hall–Kier alpha value is -2.34. The van der Waals surface area contributed by atoms with Gasteiger partial charge in [0, 0.05) is 23.0 Å². The van der Waals surface area contributed by atoms with Gasteiger partial charge in [0.05, 0.1) is 12.2 Å². The summed E-state index contributed by atoms with van der Waals surface area (Å²) in [5.41, 5.74) is 2.50. The Kier molecular flexibility index (Phi) is 5.38. The van der Waals surface area contributed by atoms with Crippen LogP contribution < -0.4 is 15.0 Å². The number of hydrogen-bond acceptors (Lipinski definition) is 3. The average molecular weight is 403 g/mol. The minimum Gasteiger partial charge on any atom is -0.490 e. The summed E-state index contributed by atoms with van der Waals surface area (Å²) in [4.78, 5) is 26.4. The van der Waals surface area contributed by atoms with Crippen molar-refractivity contribution in [3.8, 4) is 5.75 Å². The summed E-state index contributed by atoms with van der Waals surface area (Å²) in [6, 6.07) is 13.2. The van der Waals surface area contributed by atoms with E-state index in [2.05, 4.69) is 21.2 Å². The van der Waals surface area contributed by atoms with Crippen molar-refractivity contribution in [2.24, 2.45) is 0 Å². The maximum atomic E-state index is 12.5. The van der Waals surface area contributed by atoms with E-state index in [-0.39, 0.29) is 24.7 Å². The fraction of sp³-hybridized carbons (Fsp3) is 0.263. The number of amides is 2. The lowest BCUT2D eigenvalue weighted by atomic mass is 10.1. The van der Waals surface area contributed by atoms with Gasteiger partial charge >= 0.3 is 0 Å². The molecule has 0 aliphatic carbocycles. The van der Waals surface area contributed by atoms with E-state index in [1.165, 1.54) is 0 Å². The zero-order chi connectivity index (χ0) is 17.8. The lowest BCUT2D eigenvalue weighted by Gasteiger charge is -2.29. The quantitative estimate of drug-likeness (QED) is 0.843. The summed E-state index contributed by atoms with van der Waals surface area (Å²) in [7, 11) is 0. The second-order valence-corrected chi connectivity index (χ2v) is 6.78. The number of aryl methyl sites for hydroxylation is 1. The Labute approximate surface area is 155 Å². The van der Waals surface area contributed by atoms with Gasteiger partial charge in [0.15, 0.2) is 0 Å². The highest BCUT2D eigenvalue weighted by atomic mass is 79.9. The Morgan fingerprint density at radius 2 is 2.00 bits per heavy atom. The van der Waals surface area contributed by atoms with Crippen LogP contribution in [0.5, 0.6) is 5.75 Å². The number of carbonyl (C=O) groups excluding carboxylic acids is 2. The van der Waals surface area contributed by atoms with E-state index in [0.717, 1.165) is 21.4 Å². The number of halogens is 1. The van der Waals surface area contributed by atoms with Crippen molar-refractivity contribution in [1.82, 2.24) is 0 Å². The molecule has 25 heavy (non-hydrogen) atoms. The van der Waals surface area contributed by atoms with Crippen molar-refractivity contribution >= 4 is 39.1 Å². The SMILES string of the molecule is Cc1ccc(Br)cc1NC(=O)CCC(=O)N1CCOc2ccccc21. The van der Waals surface area contributed by atoms with Crippen LogP contribution in [0, 0.1) is 6.92 Å². The monoisotopic (exact) mass is 402 g/mol. The molecular weight excluding hydrogens is 384 g/mol. The molecule has 0 bridgehead atoms. The highest BCUT2D eigenvalue weighted by molar-refractivity contribution is 9.10. The smallest absolute Gasteiger partial charge is 0.227 e. The van der Waals surface area contributed by atoms with Gasteiger partial charge in [0.2, 0.25) is 11.8 Å². The normalized spacial score (nSPS) is 13.0. The van der Waals surface area contributed by atoms with E-state index in [0.29, 0.717) is 18.9 Å². The van der Waals surface area contributed by atoms with E-state index in [1.807, 2.05) is 49.4 Å². The third-order valence-corrected chi connectivity index (χ3v) is 4.56. The molecule has 0 saturated carbocycles. The maximum absolute atomic E-state index is 12.5. The molecule has 1 aliphatic rings. The van der Waals surface area contributed by atoms with E-state index >= 15 is 0 Å². The standard InChI is InChI=1S/C19H19BrN2O3/c1-13-6-7-14(20)12-15(13)21-18(23)8-9-19(24)22-10-11-25-17-5-3-2-4-16(17)22/h2-7,12H,8-11H2,1H3,(H,21,23). The maximum Gasteiger partial charge on any atom is 0.227 e. The molecule has 2 aromatic carbocycles. The fourth-order valence-corrected chi connectivity index (χ4v) is 3.09. The summed E-state index contributed by atoms with van der Waals surface area (Å²) in [6.45, 7) is 2.90. The molecule has 1 N–H and O–H groups in total. The van der Waals surface area contributed by atoms with Crippen molar-refractivity contribution in [3.63, 3.8) is 0 Å². The third kappa shape index (κ3) is 4.20. The number of nitrogens with one attached hydrogen (secondary N) is 1. The number of carbonyl (C=O) groups is 2. The topological polar surface area (TPSA) is 58.6 Å². The molecule has 0 aromatic heterocycles. The molecule has 1 heterocycles. The number of para-hydroxylation sites is 2. The van der Waals surface area contributed by atoms with Crippen LogP contribution in [0.25, 0.3) is 0 Å². The van der Waals surface area contributed by atoms with Gasteiger partial charge in [-0.05, 0) is 36.8 Å². The van der Waals surface area contributed by atoms with Crippen molar-refractivity contribution < 1.29 is 14.3 Å². The van der Waals surface area contributed by atoms with Crippen LogP contribution >= 0.6 is 15.9 Å². The average Bonchev–Trinajstić information content (AvgIpc) is 2.62. The molecule has 130 valence electrons. The van der Waals surface area contributed by atoms with Crippen molar-refractivity contribution in [2.75, 3.05) is 23.4 Å². The van der Waals surface area contributed by atoms with Gasteiger partial charge < -0.3 is 15.0 Å². The lowest BCUT2D eigenvalue weighted by molar-refractivity contribution is -0.122. The van der Waals surface area contributed by atoms with Gasteiger partial charge in [0.25, 0.3) is 0 Å². The molecule has 0 unspecified atom stereocenters. The summed E-state index contributed by atoms with van der Waals surface area (Å²) in [6.07, 6.45) is 0.303. The third-order valence-electron chi connectivity index (χ3n) is 4.07. The molecular formula is C19H19BrN2O3. The molecule has 1 aliphatic heterocycles. The zero-order valence-corrected chi connectivity index (χ0v) is 15.5. The summed E-state index contributed by atoms with van der Waals surface area (Å²) in [5.74, 6) is 0.462. The zero-order valence-electron chi connectivity index (χ0n) is 13.9. The summed E-state index contributed by atoms with van der Waals surface area (Å²) in [5, 5.41) is 2.86. The number of benzene rings is 2. The number of rotatable bonds is 4. The lowest BCUT2D eigenvalue weighted by Crippen LogP contribution is -2.38. The Morgan fingerprint density at radius 1 is 1.20 bits per heavy atom. The van der Waals surface area contributed by atoms with E-state index in [4.69, 9.17) is 4.74 Å². The number of nitrogens with zero attached hydrogens (tertiary/aromatic N) is 1. The molecule has 0 atom stereocenters. The van der Waals surface area contributed by atoms with Crippen LogP contribution in [0.15, 0.2) is 46.9 Å². The van der Waals surface area contributed by atoms with E-state index < -0.39 is 0 Å². The number of fused-ring (bicyclic) bond motifs is 1. The molecule has 3 rings (SSSR count). The number of ether oxygens (including phenoxy) is 1. The molecule has 0 fully saturated rings. The first kappa shape index (κ1) is 17.5. The molecule has 0 saturated heterocycles. The molecule has 2 aromatic rings. The van der Waals surface area contributed by atoms with Gasteiger partial charge in [-0.2, -0.15) is 0 Å². The number of hydrogen-bond donors (Lipinski definition) is 1. The molecule has 5 nitrogen and oxygen atoms in total. The molecule has 6 heteroatoms. The Balaban J connectivity index is 1.59. The van der Waals surface area contributed by atoms with Crippen LogP contribution in [0.2, 0.25) is 0 Å². The minimum atomic E-state index is -0.170. The predicted octanol–water partition coefficient (Wildman–Crippen LogP) is 3.90. The first-order valence-electron chi connectivity index (χ1n) is 8.13. The molecule has 0 radical (unpaired) electrons. The van der Waals surface area contributed by atoms with Crippen LogP contribution in [-0.4, -0.2) is 25.0 Å². The molecule has 0 spiro atoms. The minimum absolute atomic E-state index is 0.0723. The second-order valence-electron chi connectivity index (χ2n) is 5.87. The Bertz CT molecular complexity index is 807. The van der Waals surface area contributed by atoms with Crippen molar-refractivity contribution in [2.45, 2.75) is 19.8 Å². The van der Waals surface area contributed by atoms with Gasteiger partial charge in [-0.15, -0.1) is 0 Å². The summed E-state index contributed by atoms with van der Waals surface area (Å²) < 4.78 is 6.45. The highest BCUT2D eigenvalue weighted by Gasteiger charge is 2.23. The van der Waals surface area contributed by atoms with Crippen molar-refractivity contribution in [1.29, 1.82) is 0 Å². The van der Waals surface area contributed by atoms with Crippen LogP contribution in [0.4, 0.5) is 11.4 Å². The van der Waals surface area contributed by atoms with E-state index in [9.17, 15) is 9.59 Å². The highest BCUT2D eigenvalue weighted by Crippen LogP contribution is 2.31. The first-order chi connectivity index (χ1) is 12.0. The van der Waals surface area contributed by atoms with Gasteiger partial charge in [-0.1, -0.05) is 34.1 Å². The second kappa shape index (κ2) is 7.70. The van der Waals surface area contributed by atoms with E-state index in [1.54, 1.807) is 4.90 Å². The van der Waals surface area contributed by atoms with Crippen LogP contribution in [-0.2, 0) is 9.59 Å². The summed E-state index contributed by atoms with van der Waals surface area (Å²) >= 11 is 3.39. The largest absolute Gasteiger partial charge is 0.490 e. The Morgan fingerprint density at radius 3 is 2.84 bits per heavy atom. The van der Waals surface area contributed by atoms with Gasteiger partial charge in [0.1, 0.15) is 12.4 Å². The van der Waals surface area contributed by atoms with Gasteiger partial charge in [-0.3, -0.25) is 9.59 Å². The predicted molar refractivity (Wildman–Crippen MR) is 101 cm³/mol. The van der Waals surface area contributed by atoms with Crippen molar-refractivity contribution in [3.05, 3.63) is 52.5 Å². The van der Waals surface area contributed by atoms with Crippen LogP contribution in [0.3, 0.4) is 0 Å². The van der Waals surface area contributed by atoms with Gasteiger partial charge in [-0.25, -0.2) is 0 Å². The first-order valence-corrected chi connectivity index (χ1v) is 8.92.